The molecule has 2 fully saturated rings. The Bertz CT molecular complexity index is 648. The summed E-state index contributed by atoms with van der Waals surface area (Å²) in [6, 6.07) is 6.10. The molecule has 0 spiro atoms. The number of aromatic nitrogens is 2. The van der Waals surface area contributed by atoms with E-state index in [1.54, 1.807) is 6.20 Å². The molecule has 2 unspecified atom stereocenters. The van der Waals surface area contributed by atoms with Crippen molar-refractivity contribution in [3.8, 4) is 11.5 Å². The summed E-state index contributed by atoms with van der Waals surface area (Å²) in [5, 5.41) is 17.3. The maximum atomic E-state index is 10.5. The Morgan fingerprint density at radius 1 is 1.21 bits per heavy atom. The van der Waals surface area contributed by atoms with Crippen molar-refractivity contribution in [1.29, 1.82) is 0 Å². The Balaban J connectivity index is 1.36. The number of aromatic amines is 1. The minimum Gasteiger partial charge on any atom is -0.458 e. The van der Waals surface area contributed by atoms with E-state index in [9.17, 15) is 5.11 Å². The molecule has 2 aliphatic rings. The number of hydrogen-bond acceptors (Lipinski definition) is 6. The highest BCUT2D eigenvalue weighted by molar-refractivity contribution is 5.51. The lowest BCUT2D eigenvalue weighted by Crippen LogP contribution is -2.52. The lowest BCUT2D eigenvalue weighted by atomic mass is 10.1. The van der Waals surface area contributed by atoms with Gasteiger partial charge < -0.3 is 14.4 Å². The second-order valence-corrected chi connectivity index (χ2v) is 6.90. The van der Waals surface area contributed by atoms with Gasteiger partial charge in [-0.05, 0) is 25.2 Å². The molecular weight excluding hydrogens is 306 g/mol. The van der Waals surface area contributed by atoms with E-state index in [-0.39, 0.29) is 12.1 Å². The van der Waals surface area contributed by atoms with Crippen molar-refractivity contribution in [1.82, 2.24) is 24.9 Å². The molecule has 7 heteroatoms. The third-order valence-corrected chi connectivity index (χ3v) is 5.15. The van der Waals surface area contributed by atoms with Gasteiger partial charge in [0.15, 0.2) is 5.76 Å². The quantitative estimate of drug-likeness (QED) is 0.848. The monoisotopic (exact) mass is 331 g/mol. The number of nitrogens with zero attached hydrogens (tertiary/aromatic N) is 4. The first-order valence-corrected chi connectivity index (χ1v) is 8.60. The van der Waals surface area contributed by atoms with E-state index in [0.29, 0.717) is 6.54 Å². The summed E-state index contributed by atoms with van der Waals surface area (Å²) in [6.07, 6.45) is 1.44. The smallest absolute Gasteiger partial charge is 0.152 e. The standard InChI is InChI=1S/C17H25N5O2/c1-20-6-8-22(9-7-20)15-11-21(12-16(15)23)10-13-2-3-17(24-13)14-4-5-18-19-14/h2-5,15-16,23H,6-12H2,1H3,(H,18,19). The van der Waals surface area contributed by atoms with E-state index in [0.717, 1.165) is 56.5 Å². The molecule has 24 heavy (non-hydrogen) atoms. The van der Waals surface area contributed by atoms with Crippen molar-refractivity contribution in [2.45, 2.75) is 18.7 Å². The minimum absolute atomic E-state index is 0.237. The molecule has 2 saturated heterocycles. The summed E-state index contributed by atoms with van der Waals surface area (Å²) in [5.41, 5.74) is 0.887. The Hall–Kier alpha value is -1.67. The number of furan rings is 1. The van der Waals surface area contributed by atoms with Gasteiger partial charge in [0.2, 0.25) is 0 Å². The summed E-state index contributed by atoms with van der Waals surface area (Å²) in [6.45, 7) is 6.56. The fraction of sp³-hybridized carbons (Fsp3) is 0.588. The zero-order chi connectivity index (χ0) is 16.5. The molecule has 4 heterocycles. The molecule has 0 radical (unpaired) electrons. The van der Waals surface area contributed by atoms with Gasteiger partial charge >= 0.3 is 0 Å². The predicted octanol–water partition coefficient (Wildman–Crippen LogP) is 0.462. The summed E-state index contributed by atoms with van der Waals surface area (Å²) in [5.74, 6) is 1.73. The van der Waals surface area contributed by atoms with Crippen molar-refractivity contribution in [2.75, 3.05) is 46.3 Å². The zero-order valence-corrected chi connectivity index (χ0v) is 14.1. The zero-order valence-electron chi connectivity index (χ0n) is 14.1. The van der Waals surface area contributed by atoms with Crippen molar-refractivity contribution in [3.05, 3.63) is 30.2 Å². The van der Waals surface area contributed by atoms with Crippen LogP contribution in [0.2, 0.25) is 0 Å². The number of piperazine rings is 1. The van der Waals surface area contributed by atoms with Crippen LogP contribution in [0.3, 0.4) is 0 Å². The lowest BCUT2D eigenvalue weighted by molar-refractivity contribution is 0.0512. The van der Waals surface area contributed by atoms with Crippen LogP contribution < -0.4 is 0 Å². The number of likely N-dealkylation sites (tertiary alicyclic amines) is 1. The topological polar surface area (TPSA) is 71.8 Å². The maximum absolute atomic E-state index is 10.5. The summed E-state index contributed by atoms with van der Waals surface area (Å²) in [4.78, 5) is 7.06. The highest BCUT2D eigenvalue weighted by atomic mass is 16.3. The van der Waals surface area contributed by atoms with Crippen LogP contribution in [0.25, 0.3) is 11.5 Å². The fourth-order valence-electron chi connectivity index (χ4n) is 3.71. The van der Waals surface area contributed by atoms with Crippen molar-refractivity contribution in [3.63, 3.8) is 0 Å². The van der Waals surface area contributed by atoms with Gasteiger partial charge in [-0.15, -0.1) is 0 Å². The van der Waals surface area contributed by atoms with E-state index < -0.39 is 0 Å². The van der Waals surface area contributed by atoms with E-state index in [1.165, 1.54) is 0 Å². The molecule has 2 aromatic rings. The number of aliphatic hydroxyl groups excluding tert-OH is 1. The van der Waals surface area contributed by atoms with Gasteiger partial charge in [0.1, 0.15) is 11.5 Å². The Kier molecular flexibility index (Phi) is 4.41. The van der Waals surface area contributed by atoms with Gasteiger partial charge in [-0.2, -0.15) is 5.10 Å². The normalized spacial score (nSPS) is 27.1. The first-order chi connectivity index (χ1) is 11.7. The first-order valence-electron chi connectivity index (χ1n) is 8.60. The molecule has 7 nitrogen and oxygen atoms in total. The maximum Gasteiger partial charge on any atom is 0.152 e. The number of β-amino-alcohol motifs (C(OH)–C–C–N with tert-alkyl or cyclic N) is 1. The number of hydrogen-bond donors (Lipinski definition) is 2. The van der Waals surface area contributed by atoms with Crippen LogP contribution in [0.4, 0.5) is 0 Å². The molecule has 130 valence electrons. The largest absolute Gasteiger partial charge is 0.458 e. The molecule has 2 atom stereocenters. The number of aliphatic hydroxyl groups is 1. The minimum atomic E-state index is -0.282. The molecule has 2 N–H and O–H groups in total. The molecule has 0 aromatic carbocycles. The third-order valence-electron chi connectivity index (χ3n) is 5.15. The van der Waals surface area contributed by atoms with E-state index in [1.807, 2.05) is 18.2 Å². The highest BCUT2D eigenvalue weighted by Crippen LogP contribution is 2.23. The van der Waals surface area contributed by atoms with Gasteiger partial charge in [-0.3, -0.25) is 14.9 Å². The molecule has 2 aromatic heterocycles. The van der Waals surface area contributed by atoms with Gasteiger partial charge in [0, 0.05) is 51.5 Å². The molecule has 0 aliphatic carbocycles. The average Bonchev–Trinajstić information content (AvgIpc) is 3.29. The van der Waals surface area contributed by atoms with Gasteiger partial charge in [0.05, 0.1) is 12.6 Å². The Morgan fingerprint density at radius 3 is 2.79 bits per heavy atom. The second-order valence-electron chi connectivity index (χ2n) is 6.90. The number of H-pyrrole nitrogens is 1. The Morgan fingerprint density at radius 2 is 2.04 bits per heavy atom. The fourth-order valence-corrected chi connectivity index (χ4v) is 3.71. The number of rotatable bonds is 4. The van der Waals surface area contributed by atoms with Crippen molar-refractivity contribution < 1.29 is 9.52 Å². The summed E-state index contributed by atoms with van der Waals surface area (Å²) < 4.78 is 5.91. The van der Waals surface area contributed by atoms with Crippen LogP contribution >= 0.6 is 0 Å². The summed E-state index contributed by atoms with van der Waals surface area (Å²) in [7, 11) is 2.16. The van der Waals surface area contributed by atoms with Crippen molar-refractivity contribution in [2.24, 2.45) is 0 Å². The molecule has 0 bridgehead atoms. The van der Waals surface area contributed by atoms with Crippen LogP contribution in [-0.2, 0) is 6.54 Å². The van der Waals surface area contributed by atoms with Gasteiger partial charge in [-0.1, -0.05) is 0 Å². The SMILES string of the molecule is CN1CCN(C2CN(Cc3ccc(-c4ccn[nH]4)o3)CC2O)CC1. The molecule has 0 saturated carbocycles. The molecular formula is C17H25N5O2. The number of likely N-dealkylation sites (N-methyl/N-ethyl adjacent to an activating group) is 1. The second kappa shape index (κ2) is 6.68. The third kappa shape index (κ3) is 3.25. The van der Waals surface area contributed by atoms with Gasteiger partial charge in [-0.25, -0.2) is 0 Å². The van der Waals surface area contributed by atoms with Crippen LogP contribution in [0, 0.1) is 0 Å². The first kappa shape index (κ1) is 15.8. The lowest BCUT2D eigenvalue weighted by Gasteiger charge is -2.37. The predicted molar refractivity (Wildman–Crippen MR) is 90.4 cm³/mol. The molecule has 4 rings (SSSR count). The Labute approximate surface area is 141 Å². The van der Waals surface area contributed by atoms with Gasteiger partial charge in [0.25, 0.3) is 0 Å². The van der Waals surface area contributed by atoms with E-state index in [4.69, 9.17) is 4.42 Å². The average molecular weight is 331 g/mol. The molecule has 0 amide bonds. The number of nitrogens with one attached hydrogen (secondary N) is 1. The van der Waals surface area contributed by atoms with Crippen molar-refractivity contribution >= 4 is 0 Å². The van der Waals surface area contributed by atoms with Crippen LogP contribution in [0.5, 0.6) is 0 Å². The van der Waals surface area contributed by atoms with Crippen LogP contribution in [0.15, 0.2) is 28.8 Å². The van der Waals surface area contributed by atoms with Crippen LogP contribution in [0.1, 0.15) is 5.76 Å². The summed E-state index contributed by atoms with van der Waals surface area (Å²) >= 11 is 0. The van der Waals surface area contributed by atoms with E-state index in [2.05, 4.69) is 31.9 Å². The highest BCUT2D eigenvalue weighted by Gasteiger charge is 2.36. The van der Waals surface area contributed by atoms with Crippen LogP contribution in [-0.4, -0.2) is 88.5 Å². The molecule has 2 aliphatic heterocycles. The van der Waals surface area contributed by atoms with E-state index >= 15 is 0 Å².